The molecule has 0 radical (unpaired) electrons. The number of carboxylic acids is 1. The van der Waals surface area contributed by atoms with Gasteiger partial charge in [-0.05, 0) is 19.3 Å². The number of alkyl halides is 3. The van der Waals surface area contributed by atoms with E-state index in [9.17, 15) is 18.0 Å². The molecule has 4 atom stereocenters. The SMILES string of the molecule is Cn1ccnc1C(=O)N[C@H]1CN(C2CCOC2)[C@@H]2CCCO[C@H]12.O=C(O)C(F)(F)F. The maximum atomic E-state index is 12.5. The monoisotopic (exact) mass is 434 g/mol. The number of fused-ring (bicyclic) bond motifs is 1. The molecular weight excluding hydrogens is 409 g/mol. The van der Waals surface area contributed by atoms with Crippen LogP contribution in [-0.4, -0.2) is 88.2 Å². The van der Waals surface area contributed by atoms with Gasteiger partial charge in [0.15, 0.2) is 5.82 Å². The van der Waals surface area contributed by atoms with E-state index in [0.717, 1.165) is 45.6 Å². The smallest absolute Gasteiger partial charge is 0.475 e. The first-order valence-corrected chi connectivity index (χ1v) is 9.72. The van der Waals surface area contributed by atoms with Gasteiger partial charge in [0, 0.05) is 51.3 Å². The van der Waals surface area contributed by atoms with Gasteiger partial charge in [-0.3, -0.25) is 9.69 Å². The third kappa shape index (κ3) is 5.10. The fraction of sp³-hybridized carbons (Fsp3) is 0.722. The minimum Gasteiger partial charge on any atom is -0.475 e. The van der Waals surface area contributed by atoms with Crippen molar-refractivity contribution >= 4 is 11.9 Å². The number of carboxylic acid groups (broad SMARTS) is 1. The van der Waals surface area contributed by atoms with Gasteiger partial charge in [0.05, 0.1) is 18.8 Å². The predicted molar refractivity (Wildman–Crippen MR) is 96.8 cm³/mol. The third-order valence-corrected chi connectivity index (χ3v) is 5.52. The lowest BCUT2D eigenvalue weighted by atomic mass is 10.00. The Morgan fingerprint density at radius 2 is 2.03 bits per heavy atom. The summed E-state index contributed by atoms with van der Waals surface area (Å²) in [7, 11) is 1.83. The number of aromatic nitrogens is 2. The topological polar surface area (TPSA) is 106 Å². The Morgan fingerprint density at radius 3 is 2.60 bits per heavy atom. The average molecular weight is 434 g/mol. The van der Waals surface area contributed by atoms with Crippen LogP contribution in [0.4, 0.5) is 13.2 Å². The molecule has 4 rings (SSSR count). The first kappa shape index (κ1) is 22.5. The fourth-order valence-electron chi connectivity index (χ4n) is 4.14. The van der Waals surface area contributed by atoms with Gasteiger partial charge in [0.2, 0.25) is 0 Å². The number of imidazole rings is 1. The highest BCUT2D eigenvalue weighted by molar-refractivity contribution is 5.91. The van der Waals surface area contributed by atoms with Crippen LogP contribution in [-0.2, 0) is 21.3 Å². The number of aryl methyl sites for hydroxylation is 1. The summed E-state index contributed by atoms with van der Waals surface area (Å²) < 4.78 is 45.1. The molecule has 1 amide bonds. The highest BCUT2D eigenvalue weighted by atomic mass is 19.4. The molecule has 3 aliphatic rings. The van der Waals surface area contributed by atoms with Crippen LogP contribution in [0.5, 0.6) is 0 Å². The van der Waals surface area contributed by atoms with E-state index in [4.69, 9.17) is 19.4 Å². The Labute approximate surface area is 171 Å². The van der Waals surface area contributed by atoms with Crippen LogP contribution in [0.15, 0.2) is 12.4 Å². The molecule has 1 aromatic rings. The second-order valence-electron chi connectivity index (χ2n) is 7.50. The normalized spacial score (nSPS) is 29.1. The minimum absolute atomic E-state index is 0.0186. The molecule has 1 aromatic heterocycles. The van der Waals surface area contributed by atoms with Crippen molar-refractivity contribution in [3.63, 3.8) is 0 Å². The lowest BCUT2D eigenvalue weighted by Crippen LogP contribution is -2.48. The van der Waals surface area contributed by atoms with E-state index in [-0.39, 0.29) is 18.1 Å². The summed E-state index contributed by atoms with van der Waals surface area (Å²) >= 11 is 0. The molecule has 0 saturated carbocycles. The van der Waals surface area contributed by atoms with Gasteiger partial charge in [-0.1, -0.05) is 0 Å². The first-order valence-electron chi connectivity index (χ1n) is 9.72. The molecule has 3 aliphatic heterocycles. The zero-order valence-corrected chi connectivity index (χ0v) is 16.5. The van der Waals surface area contributed by atoms with E-state index in [1.54, 1.807) is 17.0 Å². The number of rotatable bonds is 3. The number of nitrogens with one attached hydrogen (secondary N) is 1. The van der Waals surface area contributed by atoms with Crippen LogP contribution >= 0.6 is 0 Å². The number of hydrogen-bond donors (Lipinski definition) is 2. The summed E-state index contributed by atoms with van der Waals surface area (Å²) in [5, 5.41) is 10.3. The molecule has 0 aliphatic carbocycles. The molecule has 2 N–H and O–H groups in total. The Kier molecular flexibility index (Phi) is 6.98. The van der Waals surface area contributed by atoms with Crippen LogP contribution in [0.1, 0.15) is 29.9 Å². The number of halogens is 3. The molecule has 12 heteroatoms. The summed E-state index contributed by atoms with van der Waals surface area (Å²) in [6.07, 6.45) is 1.72. The van der Waals surface area contributed by atoms with E-state index in [1.807, 2.05) is 7.05 Å². The van der Waals surface area contributed by atoms with Crippen LogP contribution in [0.3, 0.4) is 0 Å². The van der Waals surface area contributed by atoms with Crippen LogP contribution < -0.4 is 5.32 Å². The molecule has 0 spiro atoms. The molecule has 3 saturated heterocycles. The van der Waals surface area contributed by atoms with Crippen molar-refractivity contribution in [1.82, 2.24) is 19.8 Å². The van der Waals surface area contributed by atoms with E-state index in [0.29, 0.717) is 17.9 Å². The highest BCUT2D eigenvalue weighted by Gasteiger charge is 2.47. The molecular formula is C18H25F3N4O5. The Balaban J connectivity index is 0.000000318. The van der Waals surface area contributed by atoms with Gasteiger partial charge < -0.3 is 24.5 Å². The summed E-state index contributed by atoms with van der Waals surface area (Å²) in [5.74, 6) is -2.44. The van der Waals surface area contributed by atoms with Crippen molar-refractivity contribution in [3.05, 3.63) is 18.2 Å². The van der Waals surface area contributed by atoms with Crippen LogP contribution in [0.25, 0.3) is 0 Å². The summed E-state index contributed by atoms with van der Waals surface area (Å²) in [6, 6.07) is 0.867. The number of nitrogens with zero attached hydrogens (tertiary/aromatic N) is 3. The third-order valence-electron chi connectivity index (χ3n) is 5.52. The van der Waals surface area contributed by atoms with Crippen molar-refractivity contribution in [2.24, 2.45) is 7.05 Å². The number of carbonyl (C=O) groups excluding carboxylic acids is 1. The molecule has 30 heavy (non-hydrogen) atoms. The van der Waals surface area contributed by atoms with Crippen molar-refractivity contribution in [3.8, 4) is 0 Å². The van der Waals surface area contributed by atoms with Crippen molar-refractivity contribution in [1.29, 1.82) is 0 Å². The number of carbonyl (C=O) groups is 2. The van der Waals surface area contributed by atoms with Gasteiger partial charge in [0.1, 0.15) is 0 Å². The Morgan fingerprint density at radius 1 is 1.30 bits per heavy atom. The number of ether oxygens (including phenoxy) is 2. The van der Waals surface area contributed by atoms with Gasteiger partial charge in [-0.25, -0.2) is 9.78 Å². The lowest BCUT2D eigenvalue weighted by molar-refractivity contribution is -0.192. The van der Waals surface area contributed by atoms with E-state index >= 15 is 0 Å². The lowest BCUT2D eigenvalue weighted by Gasteiger charge is -2.34. The zero-order chi connectivity index (χ0) is 21.9. The molecule has 0 aromatic carbocycles. The molecule has 4 heterocycles. The van der Waals surface area contributed by atoms with Gasteiger partial charge in [-0.2, -0.15) is 13.2 Å². The Hall–Kier alpha value is -2.18. The van der Waals surface area contributed by atoms with Crippen LogP contribution in [0.2, 0.25) is 0 Å². The average Bonchev–Trinajstić information content (AvgIpc) is 3.42. The van der Waals surface area contributed by atoms with Crippen molar-refractivity contribution < 1.29 is 37.3 Å². The summed E-state index contributed by atoms with van der Waals surface area (Å²) in [4.78, 5) is 28.0. The second kappa shape index (κ2) is 9.31. The molecule has 168 valence electrons. The van der Waals surface area contributed by atoms with Gasteiger partial charge in [-0.15, -0.1) is 0 Å². The van der Waals surface area contributed by atoms with Crippen LogP contribution in [0, 0.1) is 0 Å². The molecule has 0 bridgehead atoms. The zero-order valence-electron chi connectivity index (χ0n) is 16.5. The van der Waals surface area contributed by atoms with Crippen molar-refractivity contribution in [2.75, 3.05) is 26.4 Å². The molecule has 3 fully saturated rings. The molecule has 1 unspecified atom stereocenters. The standard InChI is InChI=1S/C16H24N4O3.C2HF3O2/c1-19-6-5-17-15(19)16(21)18-12-9-20(11-4-8-22-10-11)13-3-2-7-23-14(12)13;3-2(4,5)1(6)7/h5-6,11-14H,2-4,7-10H2,1H3,(H,18,21);(H,6,7)/t11?,12-,13+,14+;/m0./s1. The maximum absolute atomic E-state index is 12.5. The van der Waals surface area contributed by atoms with Crippen molar-refractivity contribution in [2.45, 2.75) is 49.7 Å². The minimum atomic E-state index is -5.08. The molecule has 9 nitrogen and oxygen atoms in total. The fourth-order valence-corrected chi connectivity index (χ4v) is 4.14. The maximum Gasteiger partial charge on any atom is 0.490 e. The number of likely N-dealkylation sites (tertiary alicyclic amines) is 1. The quantitative estimate of drug-likeness (QED) is 0.725. The first-order chi connectivity index (χ1) is 14.2. The predicted octanol–water partition coefficient (Wildman–Crippen LogP) is 0.804. The largest absolute Gasteiger partial charge is 0.490 e. The second-order valence-corrected chi connectivity index (χ2v) is 7.50. The highest BCUT2D eigenvalue weighted by Crippen LogP contribution is 2.32. The Bertz CT molecular complexity index is 750. The van der Waals surface area contributed by atoms with E-state index in [1.165, 1.54) is 0 Å². The summed E-state index contributed by atoms with van der Waals surface area (Å²) in [6.45, 7) is 3.25. The van der Waals surface area contributed by atoms with E-state index in [2.05, 4.69) is 15.2 Å². The van der Waals surface area contributed by atoms with Gasteiger partial charge >= 0.3 is 12.1 Å². The number of aliphatic carboxylic acids is 1. The van der Waals surface area contributed by atoms with E-state index < -0.39 is 12.1 Å². The summed E-state index contributed by atoms with van der Waals surface area (Å²) in [5.41, 5.74) is 0. The number of amides is 1. The van der Waals surface area contributed by atoms with Gasteiger partial charge in [0.25, 0.3) is 5.91 Å². The number of hydrogen-bond acceptors (Lipinski definition) is 6.